The summed E-state index contributed by atoms with van der Waals surface area (Å²) in [6, 6.07) is 5.15. The molecule has 0 spiro atoms. The van der Waals surface area contributed by atoms with E-state index in [0.717, 1.165) is 45.2 Å². The van der Waals surface area contributed by atoms with Crippen molar-refractivity contribution in [2.75, 3.05) is 37.9 Å². The van der Waals surface area contributed by atoms with Crippen molar-refractivity contribution in [3.8, 4) is 11.4 Å². The number of hydrogen-bond acceptors (Lipinski definition) is 7. The van der Waals surface area contributed by atoms with E-state index < -0.39 is 6.43 Å². The highest BCUT2D eigenvalue weighted by Gasteiger charge is 2.30. The molecule has 0 unspecified atom stereocenters. The molecule has 10 heteroatoms. The normalized spacial score (nSPS) is 18.8. The summed E-state index contributed by atoms with van der Waals surface area (Å²) >= 11 is 0. The first-order chi connectivity index (χ1) is 13.7. The first-order valence-corrected chi connectivity index (χ1v) is 9.21. The highest BCUT2D eigenvalue weighted by atomic mass is 19.3. The van der Waals surface area contributed by atoms with Crippen molar-refractivity contribution >= 4 is 11.5 Å². The smallest absolute Gasteiger partial charge is 0.282 e. The van der Waals surface area contributed by atoms with Gasteiger partial charge in [-0.2, -0.15) is 5.10 Å². The average Bonchev–Trinajstić information content (AvgIpc) is 3.10. The van der Waals surface area contributed by atoms with E-state index in [9.17, 15) is 8.78 Å². The zero-order chi connectivity index (χ0) is 19.1. The second-order valence-electron chi connectivity index (χ2n) is 7.00. The summed E-state index contributed by atoms with van der Waals surface area (Å²) in [5, 5.41) is 4.02. The summed E-state index contributed by atoms with van der Waals surface area (Å²) in [7, 11) is 0. The van der Waals surface area contributed by atoms with Crippen LogP contribution in [0.3, 0.4) is 0 Å². The second-order valence-corrected chi connectivity index (χ2v) is 7.00. The molecule has 0 bridgehead atoms. The lowest BCUT2D eigenvalue weighted by Gasteiger charge is -2.43. The Bertz CT molecular complexity index is 991. The average molecular weight is 387 g/mol. The van der Waals surface area contributed by atoms with Crippen molar-refractivity contribution < 1.29 is 13.5 Å². The van der Waals surface area contributed by atoms with Crippen LogP contribution in [0.1, 0.15) is 18.5 Å². The van der Waals surface area contributed by atoms with E-state index >= 15 is 0 Å². The number of fused-ring (bicyclic) bond motifs is 1. The standard InChI is InChI=1S/C18H19F2N7O/c19-18(20)13-2-3-16-21-7-15(27(16)24-13)14-6-17(23-10-22-14)26-5-1-4-25(11-26)12-8-28-9-12/h2-3,6-7,10,12,18H,1,4-5,8-9,11H2. The molecule has 2 aliphatic heterocycles. The molecular weight excluding hydrogens is 368 g/mol. The van der Waals surface area contributed by atoms with Crippen LogP contribution >= 0.6 is 0 Å². The van der Waals surface area contributed by atoms with Crippen LogP contribution in [0.15, 0.2) is 30.7 Å². The Balaban J connectivity index is 1.45. The summed E-state index contributed by atoms with van der Waals surface area (Å²) in [6.45, 7) is 4.30. The van der Waals surface area contributed by atoms with Gasteiger partial charge in [-0.05, 0) is 18.6 Å². The van der Waals surface area contributed by atoms with Crippen molar-refractivity contribution in [1.29, 1.82) is 0 Å². The molecule has 0 amide bonds. The van der Waals surface area contributed by atoms with Crippen molar-refractivity contribution in [1.82, 2.24) is 29.5 Å². The van der Waals surface area contributed by atoms with E-state index in [1.165, 1.54) is 23.0 Å². The fraction of sp³-hybridized carbons (Fsp3) is 0.444. The highest BCUT2D eigenvalue weighted by molar-refractivity contribution is 5.62. The topological polar surface area (TPSA) is 71.7 Å². The van der Waals surface area contributed by atoms with E-state index in [-0.39, 0.29) is 5.69 Å². The predicted octanol–water partition coefficient (Wildman–Crippen LogP) is 1.99. The number of anilines is 1. The van der Waals surface area contributed by atoms with Gasteiger partial charge in [0.25, 0.3) is 6.43 Å². The number of imidazole rings is 1. The number of halogens is 2. The van der Waals surface area contributed by atoms with Crippen molar-refractivity contribution in [2.24, 2.45) is 0 Å². The van der Waals surface area contributed by atoms with Crippen LogP contribution in [0.25, 0.3) is 17.0 Å². The maximum absolute atomic E-state index is 13.0. The molecule has 5 rings (SSSR count). The van der Waals surface area contributed by atoms with Gasteiger partial charge in [0.1, 0.15) is 23.5 Å². The van der Waals surface area contributed by atoms with Crippen LogP contribution in [-0.4, -0.2) is 68.5 Å². The Kier molecular flexibility index (Phi) is 4.36. The molecule has 0 atom stereocenters. The van der Waals surface area contributed by atoms with Crippen LogP contribution in [0, 0.1) is 0 Å². The van der Waals surface area contributed by atoms with Gasteiger partial charge in [0.05, 0.1) is 37.8 Å². The van der Waals surface area contributed by atoms with Crippen LogP contribution in [-0.2, 0) is 4.74 Å². The molecule has 0 aromatic carbocycles. The molecule has 2 saturated heterocycles. The van der Waals surface area contributed by atoms with Crippen molar-refractivity contribution in [2.45, 2.75) is 18.9 Å². The van der Waals surface area contributed by atoms with Gasteiger partial charge in [-0.3, -0.25) is 4.90 Å². The molecule has 0 N–H and O–H groups in total. The molecule has 3 aromatic rings. The Hall–Kier alpha value is -2.72. The highest BCUT2D eigenvalue weighted by Crippen LogP contribution is 2.25. The summed E-state index contributed by atoms with van der Waals surface area (Å²) in [4.78, 5) is 17.6. The van der Waals surface area contributed by atoms with Crippen LogP contribution in [0.5, 0.6) is 0 Å². The van der Waals surface area contributed by atoms with E-state index in [1.807, 2.05) is 6.07 Å². The molecule has 2 aliphatic rings. The molecule has 0 radical (unpaired) electrons. The van der Waals surface area contributed by atoms with Gasteiger partial charge in [-0.15, -0.1) is 0 Å². The minimum absolute atomic E-state index is 0.296. The van der Waals surface area contributed by atoms with Crippen molar-refractivity contribution in [3.05, 3.63) is 36.4 Å². The summed E-state index contributed by atoms with van der Waals surface area (Å²) in [6.07, 6.45) is 1.49. The molecular formula is C18H19F2N7O. The molecule has 146 valence electrons. The van der Waals surface area contributed by atoms with Crippen LogP contribution in [0.2, 0.25) is 0 Å². The predicted molar refractivity (Wildman–Crippen MR) is 97.1 cm³/mol. The van der Waals surface area contributed by atoms with Crippen LogP contribution in [0.4, 0.5) is 14.6 Å². The summed E-state index contributed by atoms with van der Waals surface area (Å²) in [5.41, 5.74) is 1.35. The van der Waals surface area contributed by atoms with E-state index in [0.29, 0.717) is 23.1 Å². The first kappa shape index (κ1) is 17.4. The van der Waals surface area contributed by atoms with Gasteiger partial charge < -0.3 is 9.64 Å². The fourth-order valence-electron chi connectivity index (χ4n) is 3.58. The molecule has 3 aromatic heterocycles. The number of rotatable bonds is 4. The molecule has 2 fully saturated rings. The third-order valence-corrected chi connectivity index (χ3v) is 5.21. The van der Waals surface area contributed by atoms with Gasteiger partial charge in [-0.1, -0.05) is 0 Å². The lowest BCUT2D eigenvalue weighted by atomic mass is 10.2. The Morgan fingerprint density at radius 1 is 1.11 bits per heavy atom. The maximum Gasteiger partial charge on any atom is 0.282 e. The lowest BCUT2D eigenvalue weighted by molar-refractivity contribution is -0.0684. The Labute approximate surface area is 159 Å². The van der Waals surface area contributed by atoms with Gasteiger partial charge in [0.15, 0.2) is 5.65 Å². The van der Waals surface area contributed by atoms with E-state index in [1.54, 1.807) is 6.20 Å². The quantitative estimate of drug-likeness (QED) is 0.678. The van der Waals surface area contributed by atoms with E-state index in [4.69, 9.17) is 4.74 Å². The zero-order valence-electron chi connectivity index (χ0n) is 15.1. The number of aromatic nitrogens is 5. The van der Waals surface area contributed by atoms with Gasteiger partial charge >= 0.3 is 0 Å². The lowest BCUT2D eigenvalue weighted by Crippen LogP contribution is -2.56. The summed E-state index contributed by atoms with van der Waals surface area (Å²) < 4.78 is 32.8. The van der Waals surface area contributed by atoms with Gasteiger partial charge in [0.2, 0.25) is 0 Å². The van der Waals surface area contributed by atoms with Crippen molar-refractivity contribution in [3.63, 3.8) is 0 Å². The first-order valence-electron chi connectivity index (χ1n) is 9.21. The van der Waals surface area contributed by atoms with Gasteiger partial charge in [0, 0.05) is 19.2 Å². The Morgan fingerprint density at radius 2 is 2.00 bits per heavy atom. The molecule has 8 nitrogen and oxygen atoms in total. The zero-order valence-corrected chi connectivity index (χ0v) is 15.1. The van der Waals surface area contributed by atoms with E-state index in [2.05, 4.69) is 29.9 Å². The number of ether oxygens (including phenoxy) is 1. The summed E-state index contributed by atoms with van der Waals surface area (Å²) in [5.74, 6) is 0.801. The minimum Gasteiger partial charge on any atom is -0.378 e. The minimum atomic E-state index is -2.64. The number of hydrogen-bond donors (Lipinski definition) is 0. The SMILES string of the molecule is FC(F)c1ccc2ncc(-c3cc(N4CCCN(C5COC5)C4)ncn3)n2n1. The second kappa shape index (κ2) is 7.02. The third kappa shape index (κ3) is 3.08. The van der Waals surface area contributed by atoms with Crippen LogP contribution < -0.4 is 4.90 Å². The fourth-order valence-corrected chi connectivity index (χ4v) is 3.58. The largest absolute Gasteiger partial charge is 0.378 e. The number of alkyl halides is 2. The molecule has 5 heterocycles. The monoisotopic (exact) mass is 387 g/mol. The number of nitrogens with zero attached hydrogens (tertiary/aromatic N) is 7. The molecule has 0 aliphatic carbocycles. The Morgan fingerprint density at radius 3 is 2.79 bits per heavy atom. The third-order valence-electron chi connectivity index (χ3n) is 5.21. The maximum atomic E-state index is 13.0. The molecule has 0 saturated carbocycles. The van der Waals surface area contributed by atoms with Gasteiger partial charge in [-0.25, -0.2) is 28.2 Å². The molecule has 28 heavy (non-hydrogen) atoms.